The molecule has 2 aromatic carbocycles. The number of fused-ring (bicyclic) bond motifs is 1. The summed E-state index contributed by atoms with van der Waals surface area (Å²) in [6.45, 7) is 4.58. The molecule has 1 aromatic heterocycles. The standard InChI is InChI=1S/C24H26FNO4/c1-3-29-18-6-4-16(5-7-18)12-26-13-21(20-8-15(2)9-22(25)24(20)26)23-11-17(28)10-19(14-27)30-23/h4,6,8-9,13,17,19,23,27-28H,3,10-12,14H2,1-2H3/t17-,19-,23+/m0/s1. The maximum Gasteiger partial charge on any atom is 0.170 e. The number of hydrogen-bond acceptors (Lipinski definition) is 4. The number of nitrogens with zero attached hydrogens (tertiary/aromatic N) is 1. The van der Waals surface area contributed by atoms with Gasteiger partial charge in [-0.3, -0.25) is 0 Å². The summed E-state index contributed by atoms with van der Waals surface area (Å²) < 4.78 is 28.3. The molecule has 1 saturated heterocycles. The molecule has 0 amide bonds. The molecule has 0 radical (unpaired) electrons. The van der Waals surface area contributed by atoms with Gasteiger partial charge in [0.15, 0.2) is 5.75 Å². The number of benzene rings is 1. The fraction of sp³-hybridized carbons (Fsp3) is 0.417. The summed E-state index contributed by atoms with van der Waals surface area (Å²) in [5.74, 6) is 0.321. The van der Waals surface area contributed by atoms with Crippen molar-refractivity contribution in [1.82, 2.24) is 4.57 Å². The molecule has 5 nitrogen and oxygen atoms in total. The van der Waals surface area contributed by atoms with E-state index in [0.29, 0.717) is 37.3 Å². The molecule has 30 heavy (non-hydrogen) atoms. The van der Waals surface area contributed by atoms with Crippen molar-refractivity contribution in [3.05, 3.63) is 65.1 Å². The van der Waals surface area contributed by atoms with Crippen molar-refractivity contribution in [2.75, 3.05) is 13.2 Å². The average Bonchev–Trinajstić information content (AvgIpc) is 3.07. The molecule has 2 heterocycles. The van der Waals surface area contributed by atoms with Gasteiger partial charge in [-0.25, -0.2) is 4.39 Å². The summed E-state index contributed by atoms with van der Waals surface area (Å²) in [6, 6.07) is 13.2. The van der Waals surface area contributed by atoms with Gasteiger partial charge < -0.3 is 24.3 Å². The Kier molecular flexibility index (Phi) is 5.96. The van der Waals surface area contributed by atoms with E-state index in [1.807, 2.05) is 42.8 Å². The van der Waals surface area contributed by atoms with Gasteiger partial charge in [-0.1, -0.05) is 6.07 Å². The molecular weight excluding hydrogens is 385 g/mol. The molecule has 0 bridgehead atoms. The van der Waals surface area contributed by atoms with Crippen LogP contribution in [0.2, 0.25) is 0 Å². The monoisotopic (exact) mass is 411 g/mol. The van der Waals surface area contributed by atoms with Gasteiger partial charge in [-0.05, 0) is 49.7 Å². The fourth-order valence-corrected chi connectivity index (χ4v) is 4.15. The van der Waals surface area contributed by atoms with E-state index in [9.17, 15) is 14.6 Å². The number of ether oxygens (including phenoxy) is 2. The van der Waals surface area contributed by atoms with Gasteiger partial charge in [-0.15, -0.1) is 0 Å². The minimum atomic E-state index is -0.567. The molecule has 1 aliphatic rings. The Bertz CT molecular complexity index is 1010. The largest absolute Gasteiger partial charge is 0.486 e. The lowest BCUT2D eigenvalue weighted by atomic mass is 9.95. The van der Waals surface area contributed by atoms with Crippen LogP contribution in [0.4, 0.5) is 4.39 Å². The predicted octanol–water partition coefficient (Wildman–Crippen LogP) is 3.71. The fourth-order valence-electron chi connectivity index (χ4n) is 4.15. The van der Waals surface area contributed by atoms with Crippen LogP contribution < -0.4 is 4.74 Å². The minimum Gasteiger partial charge on any atom is -0.486 e. The van der Waals surface area contributed by atoms with Crippen LogP contribution in [0.5, 0.6) is 5.75 Å². The predicted molar refractivity (Wildman–Crippen MR) is 111 cm³/mol. The first-order chi connectivity index (χ1) is 14.5. The lowest BCUT2D eigenvalue weighted by Gasteiger charge is -2.32. The summed E-state index contributed by atoms with van der Waals surface area (Å²) in [6.07, 6.45) is 1.29. The summed E-state index contributed by atoms with van der Waals surface area (Å²) in [5.41, 5.74) is 2.97. The van der Waals surface area contributed by atoms with E-state index in [0.717, 1.165) is 22.1 Å². The summed E-state index contributed by atoms with van der Waals surface area (Å²) in [5, 5.41) is 20.5. The van der Waals surface area contributed by atoms with Crippen LogP contribution in [0, 0.1) is 24.9 Å². The highest BCUT2D eigenvalue weighted by Gasteiger charge is 2.31. The van der Waals surface area contributed by atoms with Crippen molar-refractivity contribution in [1.29, 1.82) is 0 Å². The molecular formula is C24H26FNO4. The first-order valence-electron chi connectivity index (χ1n) is 10.3. The van der Waals surface area contributed by atoms with Crippen molar-refractivity contribution in [2.24, 2.45) is 0 Å². The molecule has 6 heteroatoms. The SMILES string of the molecule is CCOc1c#cc(Cn2cc([C@H]3C[C@@H](O)C[C@@H](CO)O3)c3cc(C)cc(F)c32)cc1. The van der Waals surface area contributed by atoms with Crippen molar-refractivity contribution in [2.45, 2.75) is 51.5 Å². The molecule has 0 spiro atoms. The zero-order chi connectivity index (χ0) is 21.3. The first kappa shape index (κ1) is 20.7. The van der Waals surface area contributed by atoms with Gasteiger partial charge in [0.25, 0.3) is 0 Å². The topological polar surface area (TPSA) is 63.9 Å². The Balaban J connectivity index is 1.73. The first-order valence-corrected chi connectivity index (χ1v) is 10.3. The van der Waals surface area contributed by atoms with E-state index in [2.05, 4.69) is 12.1 Å². The van der Waals surface area contributed by atoms with Crippen LogP contribution >= 0.6 is 0 Å². The minimum absolute atomic E-state index is 0.156. The van der Waals surface area contributed by atoms with E-state index < -0.39 is 18.3 Å². The van der Waals surface area contributed by atoms with Crippen molar-refractivity contribution < 1.29 is 24.1 Å². The number of aliphatic hydroxyl groups is 2. The van der Waals surface area contributed by atoms with Crippen LogP contribution in [0.3, 0.4) is 0 Å². The van der Waals surface area contributed by atoms with Gasteiger partial charge in [-0.2, -0.15) is 0 Å². The molecule has 2 N–H and O–H groups in total. The van der Waals surface area contributed by atoms with Crippen molar-refractivity contribution in [3.8, 4) is 5.75 Å². The summed E-state index contributed by atoms with van der Waals surface area (Å²) in [7, 11) is 0. The second kappa shape index (κ2) is 8.65. The molecule has 158 valence electrons. The van der Waals surface area contributed by atoms with E-state index in [-0.39, 0.29) is 12.4 Å². The Labute approximate surface area is 175 Å². The molecule has 4 rings (SSSR count). The Hall–Kier alpha value is -2.59. The highest BCUT2D eigenvalue weighted by atomic mass is 19.1. The van der Waals surface area contributed by atoms with Crippen LogP contribution in [-0.4, -0.2) is 40.2 Å². The van der Waals surface area contributed by atoms with Gasteiger partial charge in [0.05, 0.1) is 43.6 Å². The third-order valence-corrected chi connectivity index (χ3v) is 5.45. The number of rotatable bonds is 6. The molecule has 1 fully saturated rings. The quantitative estimate of drug-likeness (QED) is 0.649. The van der Waals surface area contributed by atoms with E-state index >= 15 is 0 Å². The third-order valence-electron chi connectivity index (χ3n) is 5.45. The lowest BCUT2D eigenvalue weighted by Crippen LogP contribution is -2.33. The van der Waals surface area contributed by atoms with Crippen LogP contribution in [-0.2, 0) is 11.3 Å². The molecule has 1 aliphatic heterocycles. The molecule has 3 aromatic rings. The number of halogens is 1. The van der Waals surface area contributed by atoms with Gasteiger partial charge in [0.1, 0.15) is 5.82 Å². The zero-order valence-corrected chi connectivity index (χ0v) is 17.2. The van der Waals surface area contributed by atoms with Crippen LogP contribution in [0.25, 0.3) is 10.9 Å². The van der Waals surface area contributed by atoms with Crippen LogP contribution in [0.1, 0.15) is 42.6 Å². The summed E-state index contributed by atoms with van der Waals surface area (Å²) in [4.78, 5) is 0. The smallest absolute Gasteiger partial charge is 0.170 e. The zero-order valence-electron chi connectivity index (χ0n) is 17.2. The number of aliphatic hydroxyl groups excluding tert-OH is 2. The van der Waals surface area contributed by atoms with Gasteiger partial charge >= 0.3 is 0 Å². The van der Waals surface area contributed by atoms with Gasteiger partial charge in [0, 0.05) is 35.6 Å². The summed E-state index contributed by atoms with van der Waals surface area (Å²) >= 11 is 0. The number of aromatic nitrogens is 1. The maximum absolute atomic E-state index is 15.0. The van der Waals surface area contributed by atoms with Crippen molar-refractivity contribution >= 4 is 10.9 Å². The highest BCUT2D eigenvalue weighted by molar-refractivity contribution is 5.86. The van der Waals surface area contributed by atoms with E-state index in [1.165, 1.54) is 6.07 Å². The van der Waals surface area contributed by atoms with Crippen molar-refractivity contribution in [3.63, 3.8) is 0 Å². The Morgan fingerprint density at radius 2 is 2.10 bits per heavy atom. The normalized spacial score (nSPS) is 21.6. The van der Waals surface area contributed by atoms with Gasteiger partial charge in [0.2, 0.25) is 0 Å². The average molecular weight is 411 g/mol. The molecule has 0 aliphatic carbocycles. The second-order valence-electron chi connectivity index (χ2n) is 7.82. The molecule has 0 unspecified atom stereocenters. The van der Waals surface area contributed by atoms with Crippen LogP contribution in [0.15, 0.2) is 30.5 Å². The third kappa shape index (κ3) is 4.15. The Morgan fingerprint density at radius 3 is 2.80 bits per heavy atom. The maximum atomic E-state index is 15.0. The molecule has 3 atom stereocenters. The van der Waals surface area contributed by atoms with E-state index in [4.69, 9.17) is 9.47 Å². The highest BCUT2D eigenvalue weighted by Crippen LogP contribution is 2.37. The lowest BCUT2D eigenvalue weighted by molar-refractivity contribution is -0.113. The second-order valence-corrected chi connectivity index (χ2v) is 7.82. The molecule has 0 saturated carbocycles. The number of aryl methyl sites for hydroxylation is 1. The number of hydrogen-bond donors (Lipinski definition) is 2. The van der Waals surface area contributed by atoms with E-state index in [1.54, 1.807) is 0 Å². The Morgan fingerprint density at radius 1 is 1.27 bits per heavy atom.